The Morgan fingerprint density at radius 3 is 1.84 bits per heavy atom. The summed E-state index contributed by atoms with van der Waals surface area (Å²) in [6.45, 7) is 2.65. The van der Waals surface area contributed by atoms with Crippen LogP contribution in [0.4, 0.5) is 0 Å². The predicted molar refractivity (Wildman–Crippen MR) is 148 cm³/mol. The second-order valence-corrected chi connectivity index (χ2v) is 9.13. The van der Waals surface area contributed by atoms with Crippen LogP contribution in [0.2, 0.25) is 0 Å². The Kier molecular flexibility index (Phi) is 9.25. The van der Waals surface area contributed by atoms with Gasteiger partial charge in [0.05, 0.1) is 0 Å². The molecular formula is C33H33NO3. The minimum absolute atomic E-state index is 0.0359. The lowest BCUT2D eigenvalue weighted by Crippen LogP contribution is -2.34. The Bertz CT molecular complexity index is 1230. The molecule has 188 valence electrons. The van der Waals surface area contributed by atoms with Gasteiger partial charge in [-0.25, -0.2) is 0 Å². The van der Waals surface area contributed by atoms with Crippen molar-refractivity contribution in [3.63, 3.8) is 0 Å². The molecule has 0 N–H and O–H groups in total. The number of amides is 1. The zero-order valence-corrected chi connectivity index (χ0v) is 21.3. The van der Waals surface area contributed by atoms with Crippen molar-refractivity contribution >= 4 is 11.9 Å². The summed E-state index contributed by atoms with van der Waals surface area (Å²) in [5.74, 6) is 0.484. The lowest BCUT2D eigenvalue weighted by atomic mass is 9.88. The van der Waals surface area contributed by atoms with Crippen molar-refractivity contribution in [2.24, 2.45) is 0 Å². The van der Waals surface area contributed by atoms with Crippen molar-refractivity contribution in [1.29, 1.82) is 0 Å². The van der Waals surface area contributed by atoms with Crippen molar-refractivity contribution < 1.29 is 14.3 Å². The van der Waals surface area contributed by atoms with Gasteiger partial charge >= 0.3 is 5.97 Å². The number of carbonyl (C=O) groups is 2. The molecule has 4 heteroatoms. The molecule has 0 heterocycles. The molecule has 0 aliphatic heterocycles. The number of nitrogens with zero attached hydrogens (tertiary/aromatic N) is 1. The number of hydrogen-bond acceptors (Lipinski definition) is 3. The summed E-state index contributed by atoms with van der Waals surface area (Å²) in [6.07, 6.45) is 2.29. The summed E-state index contributed by atoms with van der Waals surface area (Å²) in [6, 6.07) is 38.0. The van der Waals surface area contributed by atoms with Gasteiger partial charge in [0.15, 0.2) is 0 Å². The van der Waals surface area contributed by atoms with Crippen LogP contribution in [-0.2, 0) is 11.2 Å². The van der Waals surface area contributed by atoms with Crippen molar-refractivity contribution in [2.45, 2.75) is 32.1 Å². The van der Waals surface area contributed by atoms with E-state index in [1.807, 2.05) is 71.6 Å². The van der Waals surface area contributed by atoms with E-state index in [0.717, 1.165) is 18.4 Å². The van der Waals surface area contributed by atoms with Crippen LogP contribution in [0.15, 0.2) is 115 Å². The van der Waals surface area contributed by atoms with Crippen LogP contribution >= 0.6 is 0 Å². The molecule has 4 rings (SSSR count). The summed E-state index contributed by atoms with van der Waals surface area (Å²) in [4.78, 5) is 27.0. The number of esters is 1. The van der Waals surface area contributed by atoms with Gasteiger partial charge in [0.2, 0.25) is 0 Å². The second-order valence-electron chi connectivity index (χ2n) is 9.13. The van der Waals surface area contributed by atoms with Crippen molar-refractivity contribution in [1.82, 2.24) is 4.90 Å². The lowest BCUT2D eigenvalue weighted by molar-refractivity contribution is -0.131. The van der Waals surface area contributed by atoms with Crippen LogP contribution in [0.25, 0.3) is 0 Å². The topological polar surface area (TPSA) is 46.6 Å². The highest BCUT2D eigenvalue weighted by molar-refractivity contribution is 5.94. The molecule has 0 aromatic heterocycles. The Labute approximate surface area is 219 Å². The number of hydrogen-bond donors (Lipinski definition) is 0. The first kappa shape index (κ1) is 25.9. The van der Waals surface area contributed by atoms with E-state index in [0.29, 0.717) is 30.8 Å². The maximum absolute atomic E-state index is 13.5. The van der Waals surface area contributed by atoms with E-state index in [9.17, 15) is 9.59 Å². The molecule has 0 saturated heterocycles. The molecule has 0 spiro atoms. The standard InChI is InChI=1S/C33H33NO3/c1-26(35)37-32-22-12-11-18-29(32)21-13-24-34(33(36)30-19-9-4-10-20-30)25-23-31(27-14-5-2-6-15-27)28-16-7-3-8-17-28/h2-12,14-20,22,31H,13,21,23-25H2,1H3. The third-order valence-electron chi connectivity index (χ3n) is 6.50. The van der Waals surface area contributed by atoms with Crippen molar-refractivity contribution in [3.8, 4) is 5.75 Å². The molecule has 37 heavy (non-hydrogen) atoms. The normalized spacial score (nSPS) is 10.8. The Morgan fingerprint density at radius 1 is 0.703 bits per heavy atom. The molecule has 0 fully saturated rings. The maximum Gasteiger partial charge on any atom is 0.308 e. The van der Waals surface area contributed by atoms with Gasteiger partial charge < -0.3 is 9.64 Å². The van der Waals surface area contributed by atoms with Crippen LogP contribution < -0.4 is 4.74 Å². The number of para-hydroxylation sites is 1. The average Bonchev–Trinajstić information content (AvgIpc) is 2.94. The summed E-state index contributed by atoms with van der Waals surface area (Å²) in [5.41, 5.74) is 4.15. The molecule has 4 aromatic rings. The first-order valence-electron chi connectivity index (χ1n) is 12.8. The smallest absolute Gasteiger partial charge is 0.308 e. The van der Waals surface area contributed by atoms with E-state index < -0.39 is 0 Å². The zero-order valence-electron chi connectivity index (χ0n) is 21.3. The molecule has 0 radical (unpaired) electrons. The Balaban J connectivity index is 1.51. The van der Waals surface area contributed by atoms with E-state index in [4.69, 9.17) is 4.74 Å². The molecule has 0 aliphatic rings. The summed E-state index contributed by atoms with van der Waals surface area (Å²) < 4.78 is 5.38. The predicted octanol–water partition coefficient (Wildman–Crippen LogP) is 6.91. The highest BCUT2D eigenvalue weighted by atomic mass is 16.5. The quantitative estimate of drug-likeness (QED) is 0.169. The van der Waals surface area contributed by atoms with Gasteiger partial charge in [0.25, 0.3) is 5.91 Å². The Morgan fingerprint density at radius 2 is 1.24 bits per heavy atom. The van der Waals surface area contributed by atoms with Crippen molar-refractivity contribution in [3.05, 3.63) is 138 Å². The highest BCUT2D eigenvalue weighted by Gasteiger charge is 2.20. The van der Waals surface area contributed by atoms with Gasteiger partial charge in [-0.2, -0.15) is 0 Å². The molecule has 0 bridgehead atoms. The summed E-state index contributed by atoms with van der Waals surface area (Å²) in [5, 5.41) is 0. The van der Waals surface area contributed by atoms with Crippen LogP contribution in [-0.4, -0.2) is 29.9 Å². The molecule has 0 atom stereocenters. The first-order valence-corrected chi connectivity index (χ1v) is 12.8. The molecule has 0 aliphatic carbocycles. The summed E-state index contributed by atoms with van der Waals surface area (Å²) >= 11 is 0. The maximum atomic E-state index is 13.5. The number of carbonyl (C=O) groups excluding carboxylic acids is 2. The molecular weight excluding hydrogens is 458 g/mol. The van der Waals surface area contributed by atoms with E-state index in [1.54, 1.807) is 0 Å². The molecule has 4 aromatic carbocycles. The molecule has 1 amide bonds. The van der Waals surface area contributed by atoms with Gasteiger partial charge in [0, 0.05) is 31.5 Å². The van der Waals surface area contributed by atoms with E-state index >= 15 is 0 Å². The third kappa shape index (κ3) is 7.40. The number of aryl methyl sites for hydroxylation is 1. The minimum Gasteiger partial charge on any atom is -0.426 e. The number of rotatable bonds is 11. The fraction of sp³-hybridized carbons (Fsp3) is 0.212. The largest absolute Gasteiger partial charge is 0.426 e. The molecule has 0 saturated carbocycles. The molecule has 4 nitrogen and oxygen atoms in total. The lowest BCUT2D eigenvalue weighted by Gasteiger charge is -2.26. The van der Waals surface area contributed by atoms with Gasteiger partial charge in [-0.15, -0.1) is 0 Å². The third-order valence-corrected chi connectivity index (χ3v) is 6.50. The van der Waals surface area contributed by atoms with Gasteiger partial charge in [-0.1, -0.05) is 97.1 Å². The second kappa shape index (κ2) is 13.2. The van der Waals surface area contributed by atoms with Gasteiger partial charge in [-0.05, 0) is 54.2 Å². The SMILES string of the molecule is CC(=O)Oc1ccccc1CCCN(CCC(c1ccccc1)c1ccccc1)C(=O)c1ccccc1. The zero-order chi connectivity index (χ0) is 25.9. The monoisotopic (exact) mass is 491 g/mol. The van der Waals surface area contributed by atoms with Crippen LogP contribution in [0.3, 0.4) is 0 Å². The van der Waals surface area contributed by atoms with Gasteiger partial charge in [0.1, 0.15) is 5.75 Å². The van der Waals surface area contributed by atoms with E-state index in [-0.39, 0.29) is 17.8 Å². The Hall–Kier alpha value is -4.18. The summed E-state index contributed by atoms with van der Waals surface area (Å²) in [7, 11) is 0. The first-order chi connectivity index (χ1) is 18.1. The van der Waals surface area contributed by atoms with E-state index in [2.05, 4.69) is 48.5 Å². The van der Waals surface area contributed by atoms with Crippen LogP contribution in [0.5, 0.6) is 5.75 Å². The average molecular weight is 492 g/mol. The minimum atomic E-state index is -0.332. The van der Waals surface area contributed by atoms with Crippen LogP contribution in [0, 0.1) is 0 Å². The fourth-order valence-corrected chi connectivity index (χ4v) is 4.68. The van der Waals surface area contributed by atoms with E-state index in [1.165, 1.54) is 18.1 Å². The number of ether oxygens (including phenoxy) is 1. The van der Waals surface area contributed by atoms with Crippen LogP contribution in [0.1, 0.15) is 52.7 Å². The van der Waals surface area contributed by atoms with Gasteiger partial charge in [-0.3, -0.25) is 9.59 Å². The number of benzene rings is 4. The fourth-order valence-electron chi connectivity index (χ4n) is 4.68. The van der Waals surface area contributed by atoms with Crippen molar-refractivity contribution in [2.75, 3.05) is 13.1 Å². The highest BCUT2D eigenvalue weighted by Crippen LogP contribution is 2.28. The molecule has 0 unspecified atom stereocenters.